The number of hydrogen-bond donors (Lipinski definition) is 0. The van der Waals surface area contributed by atoms with Gasteiger partial charge in [0.1, 0.15) is 11.5 Å². The Hall–Kier alpha value is -2.99. The van der Waals surface area contributed by atoms with Crippen molar-refractivity contribution >= 4 is 5.91 Å². The molecule has 0 radical (unpaired) electrons. The molecule has 6 heteroatoms. The van der Waals surface area contributed by atoms with Crippen molar-refractivity contribution in [2.45, 2.75) is 39.9 Å². The number of hydrogen-bond acceptors (Lipinski definition) is 3. The maximum Gasteiger partial charge on any atom is 0.272 e. The van der Waals surface area contributed by atoms with Crippen molar-refractivity contribution in [1.29, 1.82) is 0 Å². The fourth-order valence-corrected chi connectivity index (χ4v) is 3.97. The fraction of sp³-hybridized carbons (Fsp3) is 0.333. The molecule has 5 nitrogen and oxygen atoms in total. The molecule has 4 rings (SSSR count). The van der Waals surface area contributed by atoms with Gasteiger partial charge in [0.05, 0.1) is 23.6 Å². The molecule has 0 saturated carbocycles. The number of carbonyl (C=O) groups excluding carboxylic acids is 1. The first-order valence-electron chi connectivity index (χ1n) is 10.2. The average Bonchev–Trinajstić information content (AvgIpc) is 3.13. The van der Waals surface area contributed by atoms with Gasteiger partial charge in [-0.15, -0.1) is 0 Å². The summed E-state index contributed by atoms with van der Waals surface area (Å²) in [4.78, 5) is 15.3. The molecule has 0 aliphatic carbocycles. The highest BCUT2D eigenvalue weighted by atomic mass is 19.1. The van der Waals surface area contributed by atoms with Gasteiger partial charge in [-0.3, -0.25) is 4.79 Å². The first-order chi connectivity index (χ1) is 14.3. The van der Waals surface area contributed by atoms with Crippen LogP contribution in [0.5, 0.6) is 0 Å². The van der Waals surface area contributed by atoms with E-state index in [9.17, 15) is 9.18 Å². The molecule has 0 N–H and O–H groups in total. The molecular weight excluding hydrogens is 381 g/mol. The number of carbonyl (C=O) groups is 1. The lowest BCUT2D eigenvalue weighted by Gasteiger charge is -2.35. The van der Waals surface area contributed by atoms with Gasteiger partial charge in [0.2, 0.25) is 0 Å². The molecular formula is C24H26FN3O2. The first kappa shape index (κ1) is 20.3. The number of rotatable bonds is 3. The molecule has 0 unspecified atom stereocenters. The monoisotopic (exact) mass is 407 g/mol. The van der Waals surface area contributed by atoms with E-state index in [1.165, 1.54) is 6.07 Å². The summed E-state index contributed by atoms with van der Waals surface area (Å²) in [5.74, 6) is -0.497. The fourth-order valence-electron chi connectivity index (χ4n) is 3.97. The Kier molecular flexibility index (Phi) is 5.43. The van der Waals surface area contributed by atoms with Gasteiger partial charge in [-0.25, -0.2) is 9.07 Å². The van der Waals surface area contributed by atoms with Crippen molar-refractivity contribution in [2.24, 2.45) is 0 Å². The van der Waals surface area contributed by atoms with Crippen molar-refractivity contribution in [3.05, 3.63) is 71.2 Å². The Bertz CT molecular complexity index is 1080. The van der Waals surface area contributed by atoms with Crippen LogP contribution >= 0.6 is 0 Å². The smallest absolute Gasteiger partial charge is 0.272 e. The maximum absolute atomic E-state index is 14.5. The second-order valence-corrected chi connectivity index (χ2v) is 8.06. The first-order valence-corrected chi connectivity index (χ1v) is 10.2. The molecule has 1 saturated heterocycles. The predicted octanol–water partition coefficient (Wildman–Crippen LogP) is 4.54. The third-order valence-electron chi connectivity index (χ3n) is 5.38. The van der Waals surface area contributed by atoms with E-state index in [0.717, 1.165) is 16.8 Å². The van der Waals surface area contributed by atoms with E-state index in [2.05, 4.69) is 5.10 Å². The molecule has 3 aromatic rings. The molecule has 1 fully saturated rings. The Morgan fingerprint density at radius 3 is 2.47 bits per heavy atom. The van der Waals surface area contributed by atoms with Crippen LogP contribution in [0.1, 0.15) is 35.5 Å². The topological polar surface area (TPSA) is 47.4 Å². The highest BCUT2D eigenvalue weighted by molar-refractivity contribution is 5.94. The third kappa shape index (κ3) is 3.87. The molecule has 156 valence electrons. The summed E-state index contributed by atoms with van der Waals surface area (Å²) < 4.78 is 21.9. The van der Waals surface area contributed by atoms with E-state index < -0.39 is 0 Å². The molecule has 0 bridgehead atoms. The van der Waals surface area contributed by atoms with Crippen molar-refractivity contribution in [2.75, 3.05) is 13.1 Å². The quantitative estimate of drug-likeness (QED) is 0.640. The Morgan fingerprint density at radius 2 is 1.77 bits per heavy atom. The predicted molar refractivity (Wildman–Crippen MR) is 114 cm³/mol. The number of ether oxygens (including phenoxy) is 1. The normalized spacial score (nSPS) is 19.2. The molecule has 1 amide bonds. The van der Waals surface area contributed by atoms with Gasteiger partial charge in [0.15, 0.2) is 0 Å². The van der Waals surface area contributed by atoms with E-state index in [4.69, 9.17) is 4.74 Å². The lowest BCUT2D eigenvalue weighted by Crippen LogP contribution is -2.48. The molecule has 0 spiro atoms. The van der Waals surface area contributed by atoms with Gasteiger partial charge in [0, 0.05) is 18.7 Å². The lowest BCUT2D eigenvalue weighted by molar-refractivity contribution is -0.0588. The number of amides is 1. The largest absolute Gasteiger partial charge is 0.372 e. The number of benzene rings is 2. The van der Waals surface area contributed by atoms with Crippen molar-refractivity contribution in [1.82, 2.24) is 14.7 Å². The highest BCUT2D eigenvalue weighted by Gasteiger charge is 2.30. The molecule has 2 heterocycles. The minimum absolute atomic E-state index is 0.0409. The summed E-state index contributed by atoms with van der Waals surface area (Å²) in [6.45, 7) is 8.92. The van der Waals surface area contributed by atoms with Crippen molar-refractivity contribution < 1.29 is 13.9 Å². The van der Waals surface area contributed by atoms with Gasteiger partial charge in [-0.2, -0.15) is 5.10 Å². The van der Waals surface area contributed by atoms with Gasteiger partial charge < -0.3 is 9.64 Å². The average molecular weight is 407 g/mol. The number of morpholine rings is 1. The Balaban J connectivity index is 1.85. The van der Waals surface area contributed by atoms with Gasteiger partial charge in [-0.1, -0.05) is 24.3 Å². The second kappa shape index (κ2) is 8.03. The van der Waals surface area contributed by atoms with Crippen LogP contribution in [0.4, 0.5) is 4.39 Å². The third-order valence-corrected chi connectivity index (χ3v) is 5.38. The molecule has 2 atom stereocenters. The van der Waals surface area contributed by atoms with Crippen LogP contribution in [0, 0.1) is 19.7 Å². The summed E-state index contributed by atoms with van der Waals surface area (Å²) in [6.07, 6.45) is -0.0818. The second-order valence-electron chi connectivity index (χ2n) is 8.06. The zero-order chi connectivity index (χ0) is 21.4. The Morgan fingerprint density at radius 1 is 1.07 bits per heavy atom. The van der Waals surface area contributed by atoms with Crippen molar-refractivity contribution in [3.8, 4) is 16.9 Å². The number of aromatic nitrogens is 2. The van der Waals surface area contributed by atoms with E-state index in [0.29, 0.717) is 30.0 Å². The van der Waals surface area contributed by atoms with Crippen LogP contribution in [0.25, 0.3) is 16.9 Å². The van der Waals surface area contributed by atoms with Crippen LogP contribution in [-0.2, 0) is 4.74 Å². The lowest BCUT2D eigenvalue weighted by atomic mass is 10.1. The van der Waals surface area contributed by atoms with Crippen LogP contribution < -0.4 is 0 Å². The highest BCUT2D eigenvalue weighted by Crippen LogP contribution is 2.27. The molecule has 1 aliphatic heterocycles. The molecule has 30 heavy (non-hydrogen) atoms. The minimum atomic E-state index is -0.365. The standard InChI is InChI=1S/C24H26FN3O2/c1-15-9-10-16(2)22(11-15)28-23(24(29)27-13-17(3)30-18(4)14-27)12-21(26-28)19-7-5-6-8-20(19)25/h5-12,17-18H,13-14H2,1-4H3/t17-,18-/m1/s1. The van der Waals surface area contributed by atoms with Crippen LogP contribution in [0.15, 0.2) is 48.5 Å². The molecule has 1 aliphatic rings. The van der Waals surface area contributed by atoms with Gasteiger partial charge >= 0.3 is 0 Å². The maximum atomic E-state index is 14.5. The zero-order valence-electron chi connectivity index (χ0n) is 17.7. The van der Waals surface area contributed by atoms with Gasteiger partial charge in [0.25, 0.3) is 5.91 Å². The zero-order valence-corrected chi connectivity index (χ0v) is 17.7. The van der Waals surface area contributed by atoms with Gasteiger partial charge in [-0.05, 0) is 63.1 Å². The number of aryl methyl sites for hydroxylation is 2. The summed E-state index contributed by atoms with van der Waals surface area (Å²) in [5.41, 5.74) is 4.09. The summed E-state index contributed by atoms with van der Waals surface area (Å²) >= 11 is 0. The van der Waals surface area contributed by atoms with E-state index in [-0.39, 0.29) is 23.9 Å². The number of nitrogens with zero attached hydrogens (tertiary/aromatic N) is 3. The van der Waals surface area contributed by atoms with E-state index >= 15 is 0 Å². The van der Waals surface area contributed by atoms with E-state index in [1.54, 1.807) is 33.8 Å². The molecule has 2 aromatic carbocycles. The SMILES string of the molecule is Cc1ccc(C)c(-n2nc(-c3ccccc3F)cc2C(=O)N2C[C@@H](C)O[C@H](C)C2)c1. The summed E-state index contributed by atoms with van der Waals surface area (Å²) in [6, 6.07) is 14.2. The summed E-state index contributed by atoms with van der Waals surface area (Å²) in [5, 5.41) is 4.67. The van der Waals surface area contributed by atoms with Crippen LogP contribution in [-0.4, -0.2) is 45.9 Å². The van der Waals surface area contributed by atoms with Crippen molar-refractivity contribution in [3.63, 3.8) is 0 Å². The Labute approximate surface area is 176 Å². The van der Waals surface area contributed by atoms with E-state index in [1.807, 2.05) is 45.9 Å². The van der Waals surface area contributed by atoms with Crippen LogP contribution in [0.2, 0.25) is 0 Å². The molecule has 1 aromatic heterocycles. The number of halogens is 1. The van der Waals surface area contributed by atoms with Crippen LogP contribution in [0.3, 0.4) is 0 Å². The summed E-state index contributed by atoms with van der Waals surface area (Å²) in [7, 11) is 0. The minimum Gasteiger partial charge on any atom is -0.372 e.